The first kappa shape index (κ1) is 38.9. The van der Waals surface area contributed by atoms with Crippen LogP contribution in [0, 0.1) is 0 Å². The van der Waals surface area contributed by atoms with Gasteiger partial charge in [0.25, 0.3) is 0 Å². The molecule has 15 rings (SSSR count). The first-order valence-electron chi connectivity index (χ1n) is 24.0. The maximum atomic E-state index is 6.70. The van der Waals surface area contributed by atoms with Crippen molar-refractivity contribution in [2.75, 3.05) is 0 Å². The van der Waals surface area contributed by atoms with Crippen molar-refractivity contribution in [2.45, 2.75) is 19.3 Å². The van der Waals surface area contributed by atoms with Gasteiger partial charge in [-0.1, -0.05) is 164 Å². The van der Waals surface area contributed by atoms with Crippen molar-refractivity contribution >= 4 is 71.1 Å². The van der Waals surface area contributed by atoms with E-state index < -0.39 is 5.41 Å². The SMILES string of the molecule is C/C=C\C1=C(C)C2(c3cc4c(cc31)c1ccccc1n4-c1nc(-c3ccc4c(c3)oc3cccc(-c5ccccc5)c34)nc(-n3c4ccccc4c4ccccc43)n1)c1ccccc1-c1ccccc12. The van der Waals surface area contributed by atoms with Crippen molar-refractivity contribution < 1.29 is 4.42 Å². The van der Waals surface area contributed by atoms with Crippen LogP contribution in [0.2, 0.25) is 0 Å². The first-order valence-corrected chi connectivity index (χ1v) is 24.0. The minimum Gasteiger partial charge on any atom is -0.456 e. The molecule has 0 bridgehead atoms. The number of benzene rings is 9. The van der Waals surface area contributed by atoms with Gasteiger partial charge in [0.2, 0.25) is 11.9 Å². The average molecular weight is 896 g/mol. The highest BCUT2D eigenvalue weighted by molar-refractivity contribution is 6.14. The zero-order chi connectivity index (χ0) is 46.2. The lowest BCUT2D eigenvalue weighted by Crippen LogP contribution is -2.26. The van der Waals surface area contributed by atoms with Crippen LogP contribution in [0.1, 0.15) is 36.1 Å². The first-order chi connectivity index (χ1) is 34.6. The van der Waals surface area contributed by atoms with Crippen LogP contribution >= 0.6 is 0 Å². The van der Waals surface area contributed by atoms with Gasteiger partial charge in [-0.05, 0) is 118 Å². The molecular weight excluding hydrogens is 855 g/mol. The second-order valence-corrected chi connectivity index (χ2v) is 18.6. The molecule has 4 heterocycles. The van der Waals surface area contributed by atoms with Gasteiger partial charge in [0.15, 0.2) is 5.82 Å². The van der Waals surface area contributed by atoms with Crippen molar-refractivity contribution in [1.82, 2.24) is 24.1 Å². The van der Waals surface area contributed by atoms with Crippen LogP contribution in [0.4, 0.5) is 0 Å². The Morgan fingerprint density at radius 2 is 1.00 bits per heavy atom. The predicted molar refractivity (Wildman–Crippen MR) is 286 cm³/mol. The molecule has 9 aromatic carbocycles. The second-order valence-electron chi connectivity index (χ2n) is 18.6. The van der Waals surface area contributed by atoms with Crippen LogP contribution in [0.5, 0.6) is 0 Å². The fraction of sp³-hybridized carbons (Fsp3) is 0.0469. The van der Waals surface area contributed by atoms with Crippen molar-refractivity contribution in [3.63, 3.8) is 0 Å². The predicted octanol–water partition coefficient (Wildman–Crippen LogP) is 16.0. The fourth-order valence-corrected chi connectivity index (χ4v) is 12.3. The number of furan rings is 1. The van der Waals surface area contributed by atoms with Crippen molar-refractivity contribution in [3.8, 4) is 45.5 Å². The number of hydrogen-bond acceptors (Lipinski definition) is 4. The molecule has 0 radical (unpaired) electrons. The van der Waals surface area contributed by atoms with Gasteiger partial charge >= 0.3 is 0 Å². The lowest BCUT2D eigenvalue weighted by molar-refractivity contribution is 0.669. The summed E-state index contributed by atoms with van der Waals surface area (Å²) in [5.74, 6) is 1.60. The van der Waals surface area contributed by atoms with Gasteiger partial charge in [-0.2, -0.15) is 15.0 Å². The van der Waals surface area contributed by atoms with E-state index in [0.29, 0.717) is 17.7 Å². The molecule has 6 heteroatoms. The average Bonchev–Trinajstić information content (AvgIpc) is 4.20. The molecular formula is C64H41N5O. The lowest BCUT2D eigenvalue weighted by Gasteiger charge is -2.31. The van der Waals surface area contributed by atoms with E-state index in [4.69, 9.17) is 19.4 Å². The van der Waals surface area contributed by atoms with E-state index in [1.165, 1.54) is 44.5 Å². The van der Waals surface area contributed by atoms with Gasteiger partial charge in [0, 0.05) is 37.9 Å². The lowest BCUT2D eigenvalue weighted by atomic mass is 9.70. The third-order valence-electron chi connectivity index (χ3n) is 15.2. The summed E-state index contributed by atoms with van der Waals surface area (Å²) >= 11 is 0. The Morgan fingerprint density at radius 1 is 0.429 bits per heavy atom. The number of nitrogens with zero attached hydrogens (tertiary/aromatic N) is 5. The monoisotopic (exact) mass is 895 g/mol. The molecule has 6 nitrogen and oxygen atoms in total. The maximum Gasteiger partial charge on any atom is 0.240 e. The molecule has 1 spiro atoms. The molecule has 0 amide bonds. The molecule has 0 fully saturated rings. The normalized spacial score (nSPS) is 13.9. The second kappa shape index (κ2) is 14.4. The molecule has 70 heavy (non-hydrogen) atoms. The molecule has 0 unspecified atom stereocenters. The highest BCUT2D eigenvalue weighted by atomic mass is 16.3. The Hall–Kier alpha value is -9.13. The van der Waals surface area contributed by atoms with E-state index in [2.05, 4.69) is 229 Å². The van der Waals surface area contributed by atoms with Crippen LogP contribution < -0.4 is 0 Å². The van der Waals surface area contributed by atoms with E-state index in [9.17, 15) is 0 Å². The summed E-state index contributed by atoms with van der Waals surface area (Å²) in [6.45, 7) is 4.45. The van der Waals surface area contributed by atoms with Gasteiger partial charge in [-0.15, -0.1) is 0 Å². The van der Waals surface area contributed by atoms with Gasteiger partial charge in [0.05, 0.1) is 27.5 Å². The summed E-state index contributed by atoms with van der Waals surface area (Å²) in [6.07, 6.45) is 4.48. The topological polar surface area (TPSA) is 61.7 Å². The summed E-state index contributed by atoms with van der Waals surface area (Å²) in [6, 6.07) is 71.7. The van der Waals surface area contributed by atoms with E-state index in [0.717, 1.165) is 82.2 Å². The van der Waals surface area contributed by atoms with Crippen molar-refractivity contribution in [3.05, 3.63) is 240 Å². The number of para-hydroxylation sites is 3. The Bertz CT molecular complexity index is 4350. The molecule has 0 aliphatic heterocycles. The summed E-state index contributed by atoms with van der Waals surface area (Å²) in [7, 11) is 0. The van der Waals surface area contributed by atoms with E-state index >= 15 is 0 Å². The van der Waals surface area contributed by atoms with Gasteiger partial charge in [-0.25, -0.2) is 0 Å². The minimum absolute atomic E-state index is 0.492. The maximum absolute atomic E-state index is 6.70. The standard InChI is InChI=1S/C64H41N5O/c1-3-18-41-38(2)64(51-27-12-7-21-43(51)44-22-8-13-28-52(44)64)53-37-57-50(36-49(41)53)47-25-11-16-31-56(47)69(57)63-66-61(65-62(67-63)68-54-29-14-9-23-45(54)46-24-10-15-30-55(46)68)40-33-34-48-59(35-40)70-58-32-17-26-42(60(48)58)39-19-5-4-6-20-39/h3-37H,1-2H3/b18-3-. The number of allylic oxidation sites excluding steroid dienone is 4. The van der Waals surface area contributed by atoms with Crippen LogP contribution in [-0.4, -0.2) is 24.1 Å². The summed E-state index contributed by atoms with van der Waals surface area (Å²) in [4.78, 5) is 16.5. The van der Waals surface area contributed by atoms with Crippen LogP contribution in [0.15, 0.2) is 222 Å². The van der Waals surface area contributed by atoms with E-state index in [-0.39, 0.29) is 0 Å². The number of fused-ring (bicyclic) bond motifs is 16. The molecule has 13 aromatic rings. The Balaban J connectivity index is 1.03. The van der Waals surface area contributed by atoms with Crippen LogP contribution in [-0.2, 0) is 5.41 Å². The molecule has 2 aliphatic carbocycles. The number of rotatable bonds is 5. The zero-order valence-corrected chi connectivity index (χ0v) is 38.4. The Morgan fingerprint density at radius 3 is 1.66 bits per heavy atom. The Kier molecular flexibility index (Phi) is 8.03. The molecule has 0 saturated heterocycles. The molecule has 328 valence electrons. The molecule has 2 aliphatic rings. The highest BCUT2D eigenvalue weighted by Gasteiger charge is 2.51. The van der Waals surface area contributed by atoms with Crippen molar-refractivity contribution in [2.24, 2.45) is 0 Å². The van der Waals surface area contributed by atoms with Crippen LogP contribution in [0.25, 0.3) is 117 Å². The van der Waals surface area contributed by atoms with Gasteiger partial charge in [-0.3, -0.25) is 9.13 Å². The smallest absolute Gasteiger partial charge is 0.240 e. The highest BCUT2D eigenvalue weighted by Crippen LogP contribution is 2.62. The molecule has 0 atom stereocenters. The molecule has 0 saturated carbocycles. The van der Waals surface area contributed by atoms with Gasteiger partial charge in [0.1, 0.15) is 11.2 Å². The van der Waals surface area contributed by atoms with E-state index in [1.807, 2.05) is 6.07 Å². The number of aromatic nitrogens is 5. The zero-order valence-electron chi connectivity index (χ0n) is 38.4. The van der Waals surface area contributed by atoms with Crippen molar-refractivity contribution in [1.29, 1.82) is 0 Å². The summed E-state index contributed by atoms with van der Waals surface area (Å²) < 4.78 is 11.2. The minimum atomic E-state index is -0.492. The molecule has 4 aromatic heterocycles. The number of hydrogen-bond donors (Lipinski definition) is 0. The summed E-state index contributed by atoms with van der Waals surface area (Å²) in [5, 5.41) is 6.66. The van der Waals surface area contributed by atoms with Crippen LogP contribution in [0.3, 0.4) is 0 Å². The third-order valence-corrected chi connectivity index (χ3v) is 15.2. The summed E-state index contributed by atoms with van der Waals surface area (Å²) in [5.41, 5.74) is 18.6. The van der Waals surface area contributed by atoms with E-state index in [1.54, 1.807) is 0 Å². The Labute approximate surface area is 402 Å². The van der Waals surface area contributed by atoms with Gasteiger partial charge < -0.3 is 4.42 Å². The third kappa shape index (κ3) is 5.14. The largest absolute Gasteiger partial charge is 0.456 e. The molecule has 0 N–H and O–H groups in total. The quantitative estimate of drug-likeness (QED) is 0.173. The fourth-order valence-electron chi connectivity index (χ4n) is 12.3.